The molecule has 1 aromatic rings. The average molecular weight is 347 g/mol. The molecule has 6 heteroatoms. The van der Waals surface area contributed by atoms with Crippen LogP contribution in [0.4, 0.5) is 0 Å². The fourth-order valence-electron chi connectivity index (χ4n) is 3.45. The number of carbonyl (C=O) groups is 1. The number of piperazine rings is 1. The topological polar surface area (TPSA) is 54.0 Å². The van der Waals surface area contributed by atoms with E-state index in [-0.39, 0.29) is 18.1 Å². The van der Waals surface area contributed by atoms with Crippen molar-refractivity contribution in [3.05, 3.63) is 29.8 Å². The van der Waals surface area contributed by atoms with Gasteiger partial charge in [0.2, 0.25) is 5.91 Å². The molecule has 0 aromatic heterocycles. The molecule has 0 saturated carbocycles. The number of carbonyl (C=O) groups excluding carboxylic acids is 1. The lowest BCUT2D eigenvalue weighted by Crippen LogP contribution is -2.59. The van der Waals surface area contributed by atoms with Gasteiger partial charge in [-0.15, -0.1) is 0 Å². The van der Waals surface area contributed by atoms with E-state index in [4.69, 9.17) is 9.47 Å². The van der Waals surface area contributed by atoms with Crippen LogP contribution in [0.5, 0.6) is 5.75 Å². The van der Waals surface area contributed by atoms with Crippen LogP contribution < -0.4 is 10.1 Å². The maximum atomic E-state index is 12.7. The minimum absolute atomic E-state index is 0.0527. The first kappa shape index (κ1) is 18.2. The Morgan fingerprint density at radius 3 is 2.60 bits per heavy atom. The summed E-state index contributed by atoms with van der Waals surface area (Å²) in [5.41, 5.74) is 1.28. The van der Waals surface area contributed by atoms with E-state index in [1.54, 1.807) is 0 Å². The van der Waals surface area contributed by atoms with Crippen LogP contribution in [-0.4, -0.2) is 73.8 Å². The summed E-state index contributed by atoms with van der Waals surface area (Å²) in [6.45, 7) is 10.4. The van der Waals surface area contributed by atoms with Crippen molar-refractivity contribution < 1.29 is 14.3 Å². The molecule has 3 rings (SSSR count). The number of ether oxygens (including phenoxy) is 2. The lowest BCUT2D eigenvalue weighted by Gasteiger charge is -2.38. The second-order valence-electron chi connectivity index (χ2n) is 6.69. The normalized spacial score (nSPS) is 25.0. The van der Waals surface area contributed by atoms with E-state index in [0.717, 1.165) is 45.0 Å². The monoisotopic (exact) mass is 347 g/mol. The van der Waals surface area contributed by atoms with Gasteiger partial charge < -0.3 is 19.7 Å². The molecule has 0 unspecified atom stereocenters. The zero-order chi connectivity index (χ0) is 17.6. The molecule has 2 heterocycles. The van der Waals surface area contributed by atoms with Crippen molar-refractivity contribution in [3.8, 4) is 5.75 Å². The van der Waals surface area contributed by atoms with Crippen LogP contribution in [-0.2, 0) is 16.1 Å². The molecule has 2 saturated heterocycles. The maximum Gasteiger partial charge on any atom is 0.242 e. The van der Waals surface area contributed by atoms with Gasteiger partial charge in [0.15, 0.2) is 0 Å². The van der Waals surface area contributed by atoms with Gasteiger partial charge in [-0.1, -0.05) is 12.1 Å². The van der Waals surface area contributed by atoms with Crippen molar-refractivity contribution in [2.75, 3.05) is 45.9 Å². The van der Waals surface area contributed by atoms with Gasteiger partial charge in [-0.05, 0) is 31.5 Å². The summed E-state index contributed by atoms with van der Waals surface area (Å²) in [7, 11) is 0. The first-order valence-corrected chi connectivity index (χ1v) is 9.25. The Hall–Kier alpha value is -1.63. The highest BCUT2D eigenvalue weighted by atomic mass is 16.5. The molecule has 0 aliphatic carbocycles. The Labute approximate surface area is 150 Å². The van der Waals surface area contributed by atoms with Gasteiger partial charge in [0.1, 0.15) is 11.8 Å². The number of morpholine rings is 1. The van der Waals surface area contributed by atoms with Gasteiger partial charge in [0.25, 0.3) is 0 Å². The van der Waals surface area contributed by atoms with E-state index in [0.29, 0.717) is 13.2 Å². The molecule has 1 amide bonds. The molecule has 2 fully saturated rings. The highest BCUT2D eigenvalue weighted by Gasteiger charge is 2.33. The molecule has 6 nitrogen and oxygen atoms in total. The number of rotatable bonds is 5. The third-order valence-electron chi connectivity index (χ3n) is 4.91. The zero-order valence-electron chi connectivity index (χ0n) is 15.2. The molecular weight excluding hydrogens is 318 g/mol. The number of nitrogens with zero attached hydrogens (tertiary/aromatic N) is 2. The summed E-state index contributed by atoms with van der Waals surface area (Å²) >= 11 is 0. The van der Waals surface area contributed by atoms with Crippen LogP contribution in [0.15, 0.2) is 24.3 Å². The third-order valence-corrected chi connectivity index (χ3v) is 4.91. The summed E-state index contributed by atoms with van der Waals surface area (Å²) in [6.07, 6.45) is -0.0527. The Morgan fingerprint density at radius 2 is 1.96 bits per heavy atom. The molecule has 25 heavy (non-hydrogen) atoms. The van der Waals surface area contributed by atoms with E-state index in [1.165, 1.54) is 5.56 Å². The van der Waals surface area contributed by atoms with Crippen molar-refractivity contribution in [1.29, 1.82) is 0 Å². The molecule has 0 radical (unpaired) electrons. The largest absolute Gasteiger partial charge is 0.494 e. The lowest BCUT2D eigenvalue weighted by atomic mass is 10.1. The fourth-order valence-corrected chi connectivity index (χ4v) is 3.45. The smallest absolute Gasteiger partial charge is 0.242 e. The molecule has 138 valence electrons. The standard InChI is InChI=1S/C19H29N3O3/c1-3-24-17-6-4-16(5-7-17)14-21-9-11-22(12-10-21)19(23)18-15(2)25-13-8-20-18/h4-7,15,18,20H,3,8-14H2,1-2H3/t15-,18+/m1/s1. The van der Waals surface area contributed by atoms with Crippen molar-refractivity contribution >= 4 is 5.91 Å². The number of nitrogens with one attached hydrogen (secondary N) is 1. The Balaban J connectivity index is 1.47. The van der Waals surface area contributed by atoms with E-state index >= 15 is 0 Å². The minimum atomic E-state index is -0.202. The van der Waals surface area contributed by atoms with Gasteiger partial charge in [0.05, 0.1) is 19.3 Å². The first-order chi connectivity index (χ1) is 12.2. The zero-order valence-corrected chi connectivity index (χ0v) is 15.2. The molecule has 2 atom stereocenters. The number of hydrogen-bond acceptors (Lipinski definition) is 5. The summed E-state index contributed by atoms with van der Waals surface area (Å²) < 4.78 is 11.1. The minimum Gasteiger partial charge on any atom is -0.494 e. The Morgan fingerprint density at radius 1 is 1.24 bits per heavy atom. The van der Waals surface area contributed by atoms with Crippen molar-refractivity contribution in [2.45, 2.75) is 32.5 Å². The van der Waals surface area contributed by atoms with Gasteiger partial charge in [-0.2, -0.15) is 0 Å². The molecule has 0 bridgehead atoms. The highest BCUT2D eigenvalue weighted by molar-refractivity contribution is 5.82. The molecule has 2 aliphatic heterocycles. The van der Waals surface area contributed by atoms with E-state index in [2.05, 4.69) is 22.3 Å². The summed E-state index contributed by atoms with van der Waals surface area (Å²) in [5.74, 6) is 1.09. The molecule has 1 N–H and O–H groups in total. The molecule has 1 aromatic carbocycles. The quantitative estimate of drug-likeness (QED) is 0.865. The summed E-state index contributed by atoms with van der Waals surface area (Å²) in [6, 6.07) is 8.08. The predicted octanol–water partition coefficient (Wildman–Crippen LogP) is 1.11. The summed E-state index contributed by atoms with van der Waals surface area (Å²) in [5, 5.41) is 3.29. The second kappa shape index (κ2) is 8.65. The second-order valence-corrected chi connectivity index (χ2v) is 6.69. The van der Waals surface area contributed by atoms with Gasteiger partial charge in [-0.25, -0.2) is 0 Å². The Bertz CT molecular complexity index is 556. The van der Waals surface area contributed by atoms with Crippen molar-refractivity contribution in [1.82, 2.24) is 15.1 Å². The van der Waals surface area contributed by atoms with Gasteiger partial charge >= 0.3 is 0 Å². The third kappa shape index (κ3) is 4.71. The van der Waals surface area contributed by atoms with E-state index in [1.807, 2.05) is 30.9 Å². The summed E-state index contributed by atoms with van der Waals surface area (Å²) in [4.78, 5) is 17.0. The van der Waals surface area contributed by atoms with Gasteiger partial charge in [0, 0.05) is 39.3 Å². The molecular formula is C19H29N3O3. The van der Waals surface area contributed by atoms with Crippen LogP contribution in [0, 0.1) is 0 Å². The number of amides is 1. The van der Waals surface area contributed by atoms with Crippen molar-refractivity contribution in [3.63, 3.8) is 0 Å². The van der Waals surface area contributed by atoms with Crippen LogP contribution in [0.2, 0.25) is 0 Å². The average Bonchev–Trinajstić information content (AvgIpc) is 2.64. The number of benzene rings is 1. The van der Waals surface area contributed by atoms with E-state index < -0.39 is 0 Å². The Kier molecular flexibility index (Phi) is 6.29. The van der Waals surface area contributed by atoms with Gasteiger partial charge in [-0.3, -0.25) is 9.69 Å². The number of hydrogen-bond donors (Lipinski definition) is 1. The lowest BCUT2D eigenvalue weighted by molar-refractivity contribution is -0.141. The first-order valence-electron chi connectivity index (χ1n) is 9.25. The predicted molar refractivity (Wildman–Crippen MR) is 96.7 cm³/mol. The maximum absolute atomic E-state index is 12.7. The van der Waals surface area contributed by atoms with Crippen LogP contribution in [0.25, 0.3) is 0 Å². The fraction of sp³-hybridized carbons (Fsp3) is 0.632. The van der Waals surface area contributed by atoms with Crippen LogP contribution in [0.1, 0.15) is 19.4 Å². The van der Waals surface area contributed by atoms with Crippen LogP contribution >= 0.6 is 0 Å². The van der Waals surface area contributed by atoms with E-state index in [9.17, 15) is 4.79 Å². The van der Waals surface area contributed by atoms with Crippen molar-refractivity contribution in [2.24, 2.45) is 0 Å². The van der Waals surface area contributed by atoms with Crippen LogP contribution in [0.3, 0.4) is 0 Å². The SMILES string of the molecule is CCOc1ccc(CN2CCN(C(=O)[C@H]3NCCO[C@@H]3C)CC2)cc1. The molecule has 0 spiro atoms. The molecule has 2 aliphatic rings. The highest BCUT2D eigenvalue weighted by Crippen LogP contribution is 2.15.